The number of fused-ring (bicyclic) bond motifs is 1. The summed E-state index contributed by atoms with van der Waals surface area (Å²) in [6, 6.07) is 8.35. The van der Waals surface area contributed by atoms with Gasteiger partial charge in [0, 0.05) is 0 Å². The number of nitrogens with zero attached hydrogens (tertiary/aromatic N) is 2. The average molecular weight is 585 g/mol. The zero-order valence-corrected chi connectivity index (χ0v) is 22.6. The van der Waals surface area contributed by atoms with Gasteiger partial charge in [-0.3, -0.25) is 9.36 Å². The summed E-state index contributed by atoms with van der Waals surface area (Å²) in [5.41, 5.74) is 1.54. The molecule has 3 aromatic rings. The van der Waals surface area contributed by atoms with Crippen LogP contribution >= 0.6 is 27.3 Å². The fraction of sp³-hybridized carbons (Fsp3) is 0.222. The first kappa shape index (κ1) is 26.4. The maximum atomic E-state index is 13.7. The molecular formula is C27H22BrFN2O5S. The Bertz CT molecular complexity index is 1620. The minimum Gasteiger partial charge on any atom is -0.493 e. The van der Waals surface area contributed by atoms with Gasteiger partial charge >= 0.3 is 5.97 Å². The Kier molecular flexibility index (Phi) is 7.95. The highest BCUT2D eigenvalue weighted by Gasteiger charge is 2.33. The number of esters is 1. The van der Waals surface area contributed by atoms with Gasteiger partial charge in [-0.25, -0.2) is 14.2 Å². The van der Waals surface area contributed by atoms with E-state index in [0.717, 1.165) is 0 Å². The van der Waals surface area contributed by atoms with Gasteiger partial charge in [-0.1, -0.05) is 29.4 Å². The molecule has 0 unspecified atom stereocenters. The molecule has 1 atom stereocenters. The Morgan fingerprint density at radius 2 is 2.05 bits per heavy atom. The van der Waals surface area contributed by atoms with Gasteiger partial charge in [0.05, 0.1) is 40.0 Å². The fourth-order valence-electron chi connectivity index (χ4n) is 3.98. The SMILES string of the molecule is C#CCOc1c(Br)cc(/C=c2\sc3n(c2=O)[C@@H](c2ccc(F)cc2)C(C(=O)OCC)=C(C)N=3)cc1OC. The van der Waals surface area contributed by atoms with E-state index in [9.17, 15) is 14.0 Å². The highest BCUT2D eigenvalue weighted by molar-refractivity contribution is 9.10. The quantitative estimate of drug-likeness (QED) is 0.312. The third kappa shape index (κ3) is 5.24. The van der Waals surface area contributed by atoms with Crippen molar-refractivity contribution >= 4 is 39.3 Å². The molecule has 1 aromatic heterocycles. The summed E-state index contributed by atoms with van der Waals surface area (Å²) in [4.78, 5) is 31.6. The van der Waals surface area contributed by atoms with Gasteiger partial charge < -0.3 is 14.2 Å². The van der Waals surface area contributed by atoms with Crippen LogP contribution in [0.2, 0.25) is 0 Å². The first-order valence-electron chi connectivity index (χ1n) is 11.2. The Morgan fingerprint density at radius 3 is 2.70 bits per heavy atom. The lowest BCUT2D eigenvalue weighted by atomic mass is 9.96. The Morgan fingerprint density at radius 1 is 1.32 bits per heavy atom. The third-order valence-corrected chi connectivity index (χ3v) is 7.12. The Hall–Kier alpha value is -3.68. The highest BCUT2D eigenvalue weighted by Crippen LogP contribution is 2.37. The van der Waals surface area contributed by atoms with Gasteiger partial charge in [0.25, 0.3) is 5.56 Å². The summed E-state index contributed by atoms with van der Waals surface area (Å²) < 4.78 is 32.4. The smallest absolute Gasteiger partial charge is 0.338 e. The van der Waals surface area contributed by atoms with Crippen LogP contribution in [-0.2, 0) is 9.53 Å². The molecule has 0 saturated carbocycles. The van der Waals surface area contributed by atoms with Gasteiger partial charge in [0.1, 0.15) is 12.4 Å². The third-order valence-electron chi connectivity index (χ3n) is 5.55. The van der Waals surface area contributed by atoms with E-state index in [1.807, 2.05) is 0 Å². The maximum absolute atomic E-state index is 13.7. The van der Waals surface area contributed by atoms with E-state index >= 15 is 0 Å². The molecule has 0 radical (unpaired) electrons. The number of rotatable bonds is 7. The molecule has 10 heteroatoms. The van der Waals surface area contributed by atoms with Crippen molar-refractivity contribution in [2.24, 2.45) is 4.99 Å². The number of aromatic nitrogens is 1. The van der Waals surface area contributed by atoms with Crippen LogP contribution in [0, 0.1) is 18.2 Å². The van der Waals surface area contributed by atoms with E-state index in [1.165, 1.54) is 35.1 Å². The summed E-state index contributed by atoms with van der Waals surface area (Å²) >= 11 is 4.65. The van der Waals surface area contributed by atoms with Gasteiger partial charge in [-0.05, 0) is 71.2 Å². The van der Waals surface area contributed by atoms with Crippen molar-refractivity contribution in [2.45, 2.75) is 19.9 Å². The number of terminal acetylenes is 1. The van der Waals surface area contributed by atoms with E-state index in [0.29, 0.717) is 42.1 Å². The molecular weight excluding hydrogens is 563 g/mol. The summed E-state index contributed by atoms with van der Waals surface area (Å²) in [5.74, 6) is 2.29. The van der Waals surface area contributed by atoms with Crippen molar-refractivity contribution in [1.29, 1.82) is 0 Å². The number of hydrogen-bond donors (Lipinski definition) is 0. The van der Waals surface area contributed by atoms with Crippen molar-refractivity contribution < 1.29 is 23.4 Å². The Labute approximate surface area is 224 Å². The number of allylic oxidation sites excluding steroid dienone is 1. The Balaban J connectivity index is 1.90. The minimum absolute atomic E-state index is 0.0679. The first-order valence-corrected chi connectivity index (χ1v) is 12.8. The molecule has 0 aliphatic carbocycles. The zero-order chi connectivity index (χ0) is 26.7. The predicted octanol–water partition coefficient (Wildman–Crippen LogP) is 3.72. The van der Waals surface area contributed by atoms with Crippen LogP contribution in [0.1, 0.15) is 31.0 Å². The van der Waals surface area contributed by atoms with Crippen LogP contribution in [0.4, 0.5) is 4.39 Å². The number of halogens is 2. The van der Waals surface area contributed by atoms with Crippen molar-refractivity contribution in [3.05, 3.63) is 88.8 Å². The molecule has 7 nitrogen and oxygen atoms in total. The molecule has 4 rings (SSSR count). The van der Waals surface area contributed by atoms with Crippen LogP contribution in [0.25, 0.3) is 6.08 Å². The average Bonchev–Trinajstić information content (AvgIpc) is 3.17. The van der Waals surface area contributed by atoms with Crippen molar-refractivity contribution in [1.82, 2.24) is 4.57 Å². The number of carbonyl (C=O) groups excluding carboxylic acids is 1. The highest BCUT2D eigenvalue weighted by atomic mass is 79.9. The van der Waals surface area contributed by atoms with Crippen molar-refractivity contribution in [2.75, 3.05) is 20.3 Å². The molecule has 0 N–H and O–H groups in total. The van der Waals surface area contributed by atoms with E-state index in [2.05, 4.69) is 26.8 Å². The summed E-state index contributed by atoms with van der Waals surface area (Å²) in [7, 11) is 1.50. The predicted molar refractivity (Wildman–Crippen MR) is 142 cm³/mol. The topological polar surface area (TPSA) is 79.1 Å². The lowest BCUT2D eigenvalue weighted by molar-refractivity contribution is -0.139. The minimum atomic E-state index is -0.820. The molecule has 2 heterocycles. The van der Waals surface area contributed by atoms with Crippen LogP contribution in [0.5, 0.6) is 11.5 Å². The van der Waals surface area contributed by atoms with Gasteiger partial charge in [-0.2, -0.15) is 0 Å². The number of hydrogen-bond acceptors (Lipinski definition) is 7. The lowest BCUT2D eigenvalue weighted by Crippen LogP contribution is -2.39. The number of methoxy groups -OCH3 is 1. The van der Waals surface area contributed by atoms with E-state index in [1.54, 1.807) is 44.2 Å². The molecule has 0 amide bonds. The summed E-state index contributed by atoms with van der Waals surface area (Å²) in [6.07, 6.45) is 7.00. The fourth-order valence-corrected chi connectivity index (χ4v) is 5.60. The van der Waals surface area contributed by atoms with Crippen LogP contribution in [0.15, 0.2) is 61.9 Å². The first-order chi connectivity index (χ1) is 17.8. The standard InChI is InChI=1S/C27H22BrFN2O5S/c1-5-11-36-24-19(28)12-16(13-20(24)34-4)14-21-25(32)31-23(17-7-9-18(29)10-8-17)22(26(33)35-6-2)15(3)30-27(31)37-21/h1,7-10,12-14,23H,6,11H2,2-4H3/b21-14-/t23-/m0/s1. The van der Waals surface area contributed by atoms with Crippen LogP contribution < -0.4 is 24.4 Å². The number of thiazole rings is 1. The van der Waals surface area contributed by atoms with Crippen molar-refractivity contribution in [3.63, 3.8) is 0 Å². The number of benzene rings is 2. The maximum Gasteiger partial charge on any atom is 0.338 e. The largest absolute Gasteiger partial charge is 0.493 e. The molecule has 0 saturated heterocycles. The van der Waals surface area contributed by atoms with Crippen LogP contribution in [-0.4, -0.2) is 30.9 Å². The molecule has 190 valence electrons. The van der Waals surface area contributed by atoms with Crippen molar-refractivity contribution in [3.8, 4) is 23.8 Å². The number of carbonyl (C=O) groups is 1. The molecule has 0 spiro atoms. The van der Waals surface area contributed by atoms with Gasteiger partial charge in [0.15, 0.2) is 16.3 Å². The molecule has 1 aliphatic heterocycles. The molecule has 1 aliphatic rings. The zero-order valence-electron chi connectivity index (χ0n) is 20.2. The van der Waals surface area contributed by atoms with E-state index in [4.69, 9.17) is 20.6 Å². The lowest BCUT2D eigenvalue weighted by Gasteiger charge is -2.24. The van der Waals surface area contributed by atoms with Crippen LogP contribution in [0.3, 0.4) is 0 Å². The molecule has 37 heavy (non-hydrogen) atoms. The summed E-state index contributed by atoms with van der Waals surface area (Å²) in [5, 5.41) is 0. The molecule has 2 aromatic carbocycles. The summed E-state index contributed by atoms with van der Waals surface area (Å²) in [6.45, 7) is 3.62. The van der Waals surface area contributed by atoms with Gasteiger partial charge in [0.2, 0.25) is 0 Å². The second kappa shape index (κ2) is 11.2. The molecule has 0 fully saturated rings. The van der Waals surface area contributed by atoms with E-state index < -0.39 is 17.8 Å². The second-order valence-electron chi connectivity index (χ2n) is 7.88. The number of ether oxygens (including phenoxy) is 3. The molecule has 0 bridgehead atoms. The normalized spacial score (nSPS) is 15.0. The van der Waals surface area contributed by atoms with E-state index in [-0.39, 0.29) is 24.3 Å². The monoisotopic (exact) mass is 584 g/mol. The second-order valence-corrected chi connectivity index (χ2v) is 9.74. The van der Waals surface area contributed by atoms with Gasteiger partial charge in [-0.15, -0.1) is 6.42 Å².